The molecule has 1 saturated heterocycles. The average Bonchev–Trinajstić information content (AvgIpc) is 3.39. The number of aromatic nitrogens is 6. The Bertz CT molecular complexity index is 1020. The van der Waals surface area contributed by atoms with Crippen molar-refractivity contribution < 1.29 is 13.2 Å². The van der Waals surface area contributed by atoms with E-state index in [1.807, 2.05) is 12.1 Å². The van der Waals surface area contributed by atoms with Crippen molar-refractivity contribution in [1.29, 1.82) is 0 Å². The highest BCUT2D eigenvalue weighted by molar-refractivity contribution is 5.51. The fourth-order valence-electron chi connectivity index (χ4n) is 3.33. The van der Waals surface area contributed by atoms with Gasteiger partial charge in [-0.25, -0.2) is 9.97 Å². The normalized spacial score (nSPS) is 17.8. The summed E-state index contributed by atoms with van der Waals surface area (Å²) in [5.41, 5.74) is -0.214. The van der Waals surface area contributed by atoms with Crippen LogP contribution in [0, 0.1) is 0 Å². The van der Waals surface area contributed by atoms with Crippen molar-refractivity contribution in [3.8, 4) is 0 Å². The Morgan fingerprint density at radius 3 is 2.61 bits per heavy atom. The van der Waals surface area contributed by atoms with E-state index < -0.39 is 11.9 Å². The van der Waals surface area contributed by atoms with Gasteiger partial charge < -0.3 is 9.80 Å². The number of anilines is 2. The molecule has 0 N–H and O–H groups in total. The van der Waals surface area contributed by atoms with Gasteiger partial charge in [-0.3, -0.25) is 0 Å². The maximum atomic E-state index is 12.9. The Morgan fingerprint density at radius 2 is 1.89 bits per heavy atom. The molecule has 0 radical (unpaired) electrons. The summed E-state index contributed by atoms with van der Waals surface area (Å²) in [6.45, 7) is 1.28. The minimum absolute atomic E-state index is 0.0392. The minimum Gasteiger partial charge on any atom is -0.353 e. The summed E-state index contributed by atoms with van der Waals surface area (Å²) in [7, 11) is 1.74. The molecule has 4 heterocycles. The molecule has 28 heavy (non-hydrogen) atoms. The number of halogens is 3. The fraction of sp³-hybridized carbons (Fsp3) is 0.471. The van der Waals surface area contributed by atoms with Crippen LogP contribution in [-0.4, -0.2) is 56.0 Å². The van der Waals surface area contributed by atoms with Crippen molar-refractivity contribution >= 4 is 17.3 Å². The third kappa shape index (κ3) is 2.90. The van der Waals surface area contributed by atoms with Crippen LogP contribution in [0.3, 0.4) is 0 Å². The van der Waals surface area contributed by atoms with E-state index in [0.29, 0.717) is 19.0 Å². The summed E-state index contributed by atoms with van der Waals surface area (Å²) in [6, 6.07) is 4.80. The number of rotatable bonds is 4. The van der Waals surface area contributed by atoms with Crippen molar-refractivity contribution in [2.75, 3.05) is 29.9 Å². The molecule has 0 aromatic carbocycles. The van der Waals surface area contributed by atoms with Gasteiger partial charge in [0.1, 0.15) is 23.7 Å². The third-order valence-electron chi connectivity index (χ3n) is 5.25. The first kappa shape index (κ1) is 17.1. The smallest absolute Gasteiger partial charge is 0.353 e. The van der Waals surface area contributed by atoms with Gasteiger partial charge in [0.25, 0.3) is 0 Å². The van der Waals surface area contributed by atoms with E-state index >= 15 is 0 Å². The Kier molecular flexibility index (Phi) is 3.68. The molecule has 5 rings (SSSR count). The topological polar surface area (TPSA) is 75.3 Å². The van der Waals surface area contributed by atoms with Crippen LogP contribution in [0.5, 0.6) is 0 Å². The molecule has 0 spiro atoms. The molecule has 11 heteroatoms. The Hall–Kier alpha value is -2.98. The monoisotopic (exact) mass is 390 g/mol. The quantitative estimate of drug-likeness (QED) is 0.676. The van der Waals surface area contributed by atoms with Crippen molar-refractivity contribution in [3.05, 3.63) is 36.0 Å². The van der Waals surface area contributed by atoms with Crippen LogP contribution in [0.2, 0.25) is 0 Å². The predicted octanol–water partition coefficient (Wildman–Crippen LogP) is 2.14. The molecule has 3 aromatic heterocycles. The molecule has 0 atom stereocenters. The highest BCUT2D eigenvalue weighted by atomic mass is 19.4. The zero-order chi connectivity index (χ0) is 19.5. The Balaban J connectivity index is 1.31. The second-order valence-corrected chi connectivity index (χ2v) is 7.22. The first-order chi connectivity index (χ1) is 13.4. The summed E-state index contributed by atoms with van der Waals surface area (Å²) >= 11 is 0. The van der Waals surface area contributed by atoms with Gasteiger partial charge in [0, 0.05) is 32.1 Å². The standard InChI is InChI=1S/C17H17F3N8/c1-26(15-6-12(17(18,19)20)21-9-22-15)11-7-27(8-11)14-5-4-13-23-24-16(10-2-3-10)28(13)25-14/h4-6,9-11H,2-3,7-8H2,1H3. The summed E-state index contributed by atoms with van der Waals surface area (Å²) in [5, 5.41) is 13.0. The van der Waals surface area contributed by atoms with Crippen LogP contribution in [-0.2, 0) is 6.18 Å². The number of hydrogen-bond acceptors (Lipinski definition) is 7. The second kappa shape index (κ2) is 6.01. The van der Waals surface area contributed by atoms with Crippen LogP contribution in [0.1, 0.15) is 30.3 Å². The van der Waals surface area contributed by atoms with Gasteiger partial charge in [-0.2, -0.15) is 17.7 Å². The molecule has 1 aliphatic heterocycles. The number of nitrogens with zero attached hydrogens (tertiary/aromatic N) is 8. The number of likely N-dealkylation sites (N-methyl/N-ethyl adjacent to an activating group) is 1. The van der Waals surface area contributed by atoms with E-state index in [0.717, 1.165) is 42.5 Å². The summed E-state index contributed by atoms with van der Waals surface area (Å²) < 4.78 is 40.4. The SMILES string of the molecule is CN(c1cc(C(F)(F)F)ncn1)C1CN(c2ccc3nnc(C4CC4)n3n2)C1. The van der Waals surface area contributed by atoms with Crippen molar-refractivity contribution in [1.82, 2.24) is 29.8 Å². The van der Waals surface area contributed by atoms with Gasteiger partial charge in [-0.15, -0.1) is 15.3 Å². The second-order valence-electron chi connectivity index (χ2n) is 7.22. The van der Waals surface area contributed by atoms with E-state index in [-0.39, 0.29) is 11.9 Å². The lowest BCUT2D eigenvalue weighted by molar-refractivity contribution is -0.141. The Morgan fingerprint density at radius 1 is 1.11 bits per heavy atom. The van der Waals surface area contributed by atoms with E-state index in [1.165, 1.54) is 0 Å². The van der Waals surface area contributed by atoms with Gasteiger partial charge in [0.2, 0.25) is 0 Å². The van der Waals surface area contributed by atoms with Crippen LogP contribution in [0.15, 0.2) is 24.5 Å². The lowest BCUT2D eigenvalue weighted by Gasteiger charge is -2.44. The molecule has 1 aliphatic carbocycles. The summed E-state index contributed by atoms with van der Waals surface area (Å²) in [4.78, 5) is 11.1. The number of fused-ring (bicyclic) bond motifs is 1. The predicted molar refractivity (Wildman–Crippen MR) is 94.2 cm³/mol. The molecule has 146 valence electrons. The lowest BCUT2D eigenvalue weighted by atomic mass is 10.1. The zero-order valence-corrected chi connectivity index (χ0v) is 15.0. The maximum absolute atomic E-state index is 12.9. The maximum Gasteiger partial charge on any atom is 0.433 e. The van der Waals surface area contributed by atoms with Crippen molar-refractivity contribution in [2.45, 2.75) is 31.0 Å². The molecular formula is C17H17F3N8. The highest BCUT2D eigenvalue weighted by Gasteiger charge is 2.36. The summed E-state index contributed by atoms with van der Waals surface area (Å²) in [5.74, 6) is 2.39. The van der Waals surface area contributed by atoms with Crippen LogP contribution >= 0.6 is 0 Å². The molecule has 1 saturated carbocycles. The molecule has 0 amide bonds. The van der Waals surface area contributed by atoms with Crippen molar-refractivity contribution in [2.24, 2.45) is 0 Å². The average molecular weight is 390 g/mol. The van der Waals surface area contributed by atoms with E-state index in [9.17, 15) is 13.2 Å². The molecular weight excluding hydrogens is 373 g/mol. The first-order valence-electron chi connectivity index (χ1n) is 8.99. The minimum atomic E-state index is -4.48. The van der Waals surface area contributed by atoms with Gasteiger partial charge in [-0.1, -0.05) is 0 Å². The van der Waals surface area contributed by atoms with Gasteiger partial charge >= 0.3 is 6.18 Å². The lowest BCUT2D eigenvalue weighted by Crippen LogP contribution is -2.59. The first-order valence-corrected chi connectivity index (χ1v) is 8.99. The fourth-order valence-corrected chi connectivity index (χ4v) is 3.33. The van der Waals surface area contributed by atoms with E-state index in [4.69, 9.17) is 0 Å². The molecule has 0 bridgehead atoms. The van der Waals surface area contributed by atoms with E-state index in [2.05, 4.69) is 30.2 Å². The van der Waals surface area contributed by atoms with Gasteiger partial charge in [0.05, 0.1) is 6.04 Å². The summed E-state index contributed by atoms with van der Waals surface area (Å²) in [6.07, 6.45) is -1.31. The zero-order valence-electron chi connectivity index (χ0n) is 15.0. The molecule has 0 unspecified atom stereocenters. The van der Waals surface area contributed by atoms with Gasteiger partial charge in [0.15, 0.2) is 11.5 Å². The molecule has 2 aliphatic rings. The Labute approximate surface area is 158 Å². The van der Waals surface area contributed by atoms with Crippen molar-refractivity contribution in [3.63, 3.8) is 0 Å². The van der Waals surface area contributed by atoms with Crippen LogP contribution < -0.4 is 9.80 Å². The molecule has 8 nitrogen and oxygen atoms in total. The van der Waals surface area contributed by atoms with Crippen LogP contribution in [0.4, 0.5) is 24.8 Å². The largest absolute Gasteiger partial charge is 0.433 e. The van der Waals surface area contributed by atoms with Gasteiger partial charge in [-0.05, 0) is 25.0 Å². The third-order valence-corrected chi connectivity index (χ3v) is 5.25. The number of hydrogen-bond donors (Lipinski definition) is 0. The molecule has 3 aromatic rings. The molecule has 2 fully saturated rings. The van der Waals surface area contributed by atoms with Crippen LogP contribution in [0.25, 0.3) is 5.65 Å². The number of alkyl halides is 3. The van der Waals surface area contributed by atoms with E-state index in [1.54, 1.807) is 16.5 Å². The highest BCUT2D eigenvalue weighted by Crippen LogP contribution is 2.39.